The Hall–Kier alpha value is -1.81. The van der Waals surface area contributed by atoms with Crippen molar-refractivity contribution in [1.82, 2.24) is 0 Å². The summed E-state index contributed by atoms with van der Waals surface area (Å²) < 4.78 is 11.3. The fourth-order valence-corrected chi connectivity index (χ4v) is 2.79. The van der Waals surface area contributed by atoms with E-state index in [1.165, 1.54) is 0 Å². The second-order valence-electron chi connectivity index (χ2n) is 4.92. The molecule has 2 heterocycles. The van der Waals surface area contributed by atoms with Gasteiger partial charge in [-0.15, -0.1) is 0 Å². The number of ether oxygens (including phenoxy) is 2. The van der Waals surface area contributed by atoms with Crippen LogP contribution < -0.4 is 0 Å². The van der Waals surface area contributed by atoms with Crippen LogP contribution in [0.1, 0.15) is 24.8 Å². The number of aliphatic carboxylic acids is 1. The van der Waals surface area contributed by atoms with Gasteiger partial charge in [-0.3, -0.25) is 0 Å². The smallest absolute Gasteiger partial charge is 0.341 e. The number of rotatable bonds is 4. The molecule has 2 unspecified atom stereocenters. The zero-order valence-electron chi connectivity index (χ0n) is 10.5. The van der Waals surface area contributed by atoms with E-state index in [2.05, 4.69) is 0 Å². The summed E-state index contributed by atoms with van der Waals surface area (Å²) in [5.41, 5.74) is 2.20. The van der Waals surface area contributed by atoms with Crippen LogP contribution in [0.5, 0.6) is 0 Å². The molecule has 2 bridgehead atoms. The Morgan fingerprint density at radius 2 is 2.11 bits per heavy atom. The average Bonchev–Trinajstić information content (AvgIpc) is 2.81. The van der Waals surface area contributed by atoms with Crippen molar-refractivity contribution in [2.24, 2.45) is 0 Å². The summed E-state index contributed by atoms with van der Waals surface area (Å²) in [4.78, 5) is 10.7. The third-order valence-electron chi connectivity index (χ3n) is 3.60. The number of benzene rings is 1. The van der Waals surface area contributed by atoms with Crippen molar-refractivity contribution in [2.75, 3.05) is 6.61 Å². The van der Waals surface area contributed by atoms with E-state index in [1.807, 2.05) is 30.3 Å². The fourth-order valence-electron chi connectivity index (χ4n) is 2.79. The Kier molecular flexibility index (Phi) is 3.25. The molecule has 3 rings (SSSR count). The van der Waals surface area contributed by atoms with Crippen molar-refractivity contribution in [2.45, 2.75) is 31.5 Å². The van der Waals surface area contributed by atoms with Crippen molar-refractivity contribution < 1.29 is 19.4 Å². The standard InChI is InChI=1S/C15H16O4/c16-14(17)9-18-15-12(10-4-2-1-3-5-10)8-11-6-7-13(15)19-11/h1-5,11,13H,6-9H2,(H,16,17). The van der Waals surface area contributed by atoms with Gasteiger partial charge >= 0.3 is 5.97 Å². The predicted octanol–water partition coefficient (Wildman–Crippen LogP) is 2.45. The molecule has 2 aliphatic rings. The van der Waals surface area contributed by atoms with Crippen LogP contribution in [0.25, 0.3) is 5.57 Å². The maximum Gasteiger partial charge on any atom is 0.341 e. The van der Waals surface area contributed by atoms with Gasteiger partial charge in [0, 0.05) is 12.0 Å². The van der Waals surface area contributed by atoms with Gasteiger partial charge in [-0.2, -0.15) is 0 Å². The molecule has 0 aliphatic carbocycles. The number of carboxylic acids is 1. The quantitative estimate of drug-likeness (QED) is 0.903. The van der Waals surface area contributed by atoms with Gasteiger partial charge in [-0.25, -0.2) is 4.79 Å². The van der Waals surface area contributed by atoms with Crippen LogP contribution >= 0.6 is 0 Å². The Labute approximate surface area is 111 Å². The Morgan fingerprint density at radius 3 is 2.84 bits per heavy atom. The molecule has 0 radical (unpaired) electrons. The lowest BCUT2D eigenvalue weighted by atomic mass is 9.97. The van der Waals surface area contributed by atoms with Crippen LogP contribution in [-0.4, -0.2) is 29.9 Å². The first-order chi connectivity index (χ1) is 9.24. The second kappa shape index (κ2) is 5.05. The van der Waals surface area contributed by atoms with Gasteiger partial charge in [0.25, 0.3) is 0 Å². The molecule has 1 N–H and O–H groups in total. The third-order valence-corrected chi connectivity index (χ3v) is 3.60. The lowest BCUT2D eigenvalue weighted by molar-refractivity contribution is -0.141. The van der Waals surface area contributed by atoms with E-state index in [4.69, 9.17) is 14.6 Å². The molecule has 2 aliphatic heterocycles. The van der Waals surface area contributed by atoms with Gasteiger partial charge in [0.05, 0.1) is 6.10 Å². The largest absolute Gasteiger partial charge is 0.483 e. The molecule has 1 saturated heterocycles. The number of hydrogen-bond donors (Lipinski definition) is 1. The topological polar surface area (TPSA) is 55.8 Å². The van der Waals surface area contributed by atoms with Gasteiger partial charge in [-0.05, 0) is 18.4 Å². The van der Waals surface area contributed by atoms with Crippen molar-refractivity contribution in [1.29, 1.82) is 0 Å². The van der Waals surface area contributed by atoms with Crippen LogP contribution in [0.4, 0.5) is 0 Å². The summed E-state index contributed by atoms with van der Waals surface area (Å²) in [5, 5.41) is 8.78. The van der Waals surface area contributed by atoms with Crippen molar-refractivity contribution in [3.05, 3.63) is 41.7 Å². The molecule has 1 aromatic rings. The lowest BCUT2D eigenvalue weighted by Crippen LogP contribution is -2.24. The number of carbonyl (C=O) groups is 1. The Balaban J connectivity index is 1.94. The summed E-state index contributed by atoms with van der Waals surface area (Å²) >= 11 is 0. The molecule has 1 fully saturated rings. The summed E-state index contributed by atoms with van der Waals surface area (Å²) in [7, 11) is 0. The molecular weight excluding hydrogens is 244 g/mol. The van der Waals surface area contributed by atoms with Gasteiger partial charge < -0.3 is 14.6 Å². The lowest BCUT2D eigenvalue weighted by Gasteiger charge is -2.27. The first kappa shape index (κ1) is 12.2. The number of fused-ring (bicyclic) bond motifs is 2. The second-order valence-corrected chi connectivity index (χ2v) is 4.92. The van der Waals surface area contributed by atoms with Crippen molar-refractivity contribution >= 4 is 11.5 Å². The summed E-state index contributed by atoms with van der Waals surface area (Å²) in [5.74, 6) is -0.248. The summed E-state index contributed by atoms with van der Waals surface area (Å²) in [6.07, 6.45) is 2.90. The zero-order valence-corrected chi connectivity index (χ0v) is 10.5. The summed E-state index contributed by atoms with van der Waals surface area (Å²) in [6, 6.07) is 9.99. The molecule has 4 heteroatoms. The molecule has 0 saturated carbocycles. The molecule has 19 heavy (non-hydrogen) atoms. The predicted molar refractivity (Wildman–Crippen MR) is 69.5 cm³/mol. The first-order valence-electron chi connectivity index (χ1n) is 6.52. The highest BCUT2D eigenvalue weighted by Gasteiger charge is 2.37. The first-order valence-corrected chi connectivity index (χ1v) is 6.52. The van der Waals surface area contributed by atoms with E-state index >= 15 is 0 Å². The van der Waals surface area contributed by atoms with Crippen molar-refractivity contribution in [3.8, 4) is 0 Å². The molecule has 100 valence electrons. The van der Waals surface area contributed by atoms with Crippen LogP contribution in [0.15, 0.2) is 36.1 Å². The third kappa shape index (κ3) is 2.49. The van der Waals surface area contributed by atoms with E-state index < -0.39 is 5.97 Å². The SMILES string of the molecule is O=C(O)COC1=C(c2ccccc2)CC2CCC1O2. The monoisotopic (exact) mass is 260 g/mol. The van der Waals surface area contributed by atoms with E-state index in [0.717, 1.165) is 30.4 Å². The molecule has 2 atom stereocenters. The maximum atomic E-state index is 10.7. The maximum absolute atomic E-state index is 10.7. The normalized spacial score (nSPS) is 25.5. The fraction of sp³-hybridized carbons (Fsp3) is 0.400. The van der Waals surface area contributed by atoms with Gasteiger partial charge in [0.15, 0.2) is 6.61 Å². The molecule has 0 aromatic heterocycles. The Morgan fingerprint density at radius 1 is 1.32 bits per heavy atom. The van der Waals surface area contributed by atoms with E-state index in [0.29, 0.717) is 5.76 Å². The number of carboxylic acid groups (broad SMARTS) is 1. The Bertz CT molecular complexity index is 506. The van der Waals surface area contributed by atoms with Crippen molar-refractivity contribution in [3.63, 3.8) is 0 Å². The highest BCUT2D eigenvalue weighted by molar-refractivity contribution is 5.71. The molecule has 4 nitrogen and oxygen atoms in total. The van der Waals surface area contributed by atoms with Crippen LogP contribution in [-0.2, 0) is 14.3 Å². The minimum atomic E-state index is -0.958. The van der Waals surface area contributed by atoms with Crippen LogP contribution in [0.3, 0.4) is 0 Å². The molecule has 1 aromatic carbocycles. The van der Waals surface area contributed by atoms with Crippen LogP contribution in [0.2, 0.25) is 0 Å². The average molecular weight is 260 g/mol. The highest BCUT2D eigenvalue weighted by Crippen LogP contribution is 2.41. The minimum Gasteiger partial charge on any atom is -0.483 e. The zero-order chi connectivity index (χ0) is 13.2. The van der Waals surface area contributed by atoms with Gasteiger partial charge in [-0.1, -0.05) is 30.3 Å². The van der Waals surface area contributed by atoms with E-state index in [9.17, 15) is 4.79 Å². The molecule has 0 amide bonds. The molecule has 0 spiro atoms. The van der Waals surface area contributed by atoms with Crippen LogP contribution in [0, 0.1) is 0 Å². The van der Waals surface area contributed by atoms with E-state index in [1.54, 1.807) is 0 Å². The highest BCUT2D eigenvalue weighted by atomic mass is 16.6. The van der Waals surface area contributed by atoms with E-state index in [-0.39, 0.29) is 18.8 Å². The molecular formula is C15H16O4. The number of hydrogen-bond acceptors (Lipinski definition) is 3. The minimum absolute atomic E-state index is 0.0756. The van der Waals surface area contributed by atoms with Gasteiger partial charge in [0.2, 0.25) is 0 Å². The summed E-state index contributed by atoms with van der Waals surface area (Å²) in [6.45, 7) is -0.309. The van der Waals surface area contributed by atoms with Gasteiger partial charge in [0.1, 0.15) is 11.9 Å².